The number of halogens is 2. The zero-order valence-electron chi connectivity index (χ0n) is 12.5. The summed E-state index contributed by atoms with van der Waals surface area (Å²) in [5.74, 6) is 1.14. The van der Waals surface area contributed by atoms with Gasteiger partial charge in [0.05, 0.1) is 15.0 Å². The van der Waals surface area contributed by atoms with Crippen molar-refractivity contribution in [1.82, 2.24) is 5.32 Å². The molecule has 8 heteroatoms. The molecule has 0 aliphatic heterocycles. The van der Waals surface area contributed by atoms with Crippen molar-refractivity contribution in [3.63, 3.8) is 0 Å². The summed E-state index contributed by atoms with van der Waals surface area (Å²) >= 11 is 13.5. The average Bonchev–Trinajstić information content (AvgIpc) is 2.57. The van der Waals surface area contributed by atoms with Gasteiger partial charge >= 0.3 is 0 Å². The van der Waals surface area contributed by atoms with Crippen LogP contribution < -0.4 is 5.32 Å². The van der Waals surface area contributed by atoms with Gasteiger partial charge in [0.25, 0.3) is 11.6 Å². The second-order valence-electron chi connectivity index (χ2n) is 4.86. The molecule has 1 amide bonds. The predicted molar refractivity (Wildman–Crippen MR) is 98.1 cm³/mol. The van der Waals surface area contributed by atoms with Gasteiger partial charge in [-0.2, -0.15) is 11.8 Å². The van der Waals surface area contributed by atoms with E-state index in [4.69, 9.17) is 23.2 Å². The Balaban J connectivity index is 1.75. The first-order chi connectivity index (χ1) is 11.5. The van der Waals surface area contributed by atoms with E-state index in [1.807, 2.05) is 12.1 Å². The molecule has 0 saturated carbocycles. The molecule has 1 N–H and O–H groups in total. The lowest BCUT2D eigenvalue weighted by Crippen LogP contribution is -2.25. The molecule has 0 radical (unpaired) electrons. The molecule has 0 aromatic heterocycles. The minimum atomic E-state index is -0.524. The van der Waals surface area contributed by atoms with Crippen LogP contribution in [0.25, 0.3) is 0 Å². The zero-order valence-corrected chi connectivity index (χ0v) is 14.8. The first kappa shape index (κ1) is 18.6. The van der Waals surface area contributed by atoms with E-state index in [9.17, 15) is 14.9 Å². The van der Waals surface area contributed by atoms with Crippen molar-refractivity contribution in [2.24, 2.45) is 0 Å². The van der Waals surface area contributed by atoms with Crippen molar-refractivity contribution in [3.05, 3.63) is 73.8 Å². The number of rotatable bonds is 7. The molecule has 5 nitrogen and oxygen atoms in total. The van der Waals surface area contributed by atoms with Crippen molar-refractivity contribution in [2.45, 2.75) is 5.75 Å². The number of non-ortho nitro benzene ring substituents is 1. The summed E-state index contributed by atoms with van der Waals surface area (Å²) in [7, 11) is 0. The number of benzene rings is 2. The van der Waals surface area contributed by atoms with Gasteiger partial charge in [0.15, 0.2) is 0 Å². The van der Waals surface area contributed by atoms with Crippen LogP contribution in [0.5, 0.6) is 0 Å². The summed E-state index contributed by atoms with van der Waals surface area (Å²) in [4.78, 5) is 22.1. The normalized spacial score (nSPS) is 10.4. The minimum absolute atomic E-state index is 0.100. The summed E-state index contributed by atoms with van der Waals surface area (Å²) in [5, 5.41) is 14.5. The standard InChI is InChI=1S/C16H14Cl2N2O3S/c17-14-5-4-11(8-15(14)18)10-24-7-6-19-16(21)12-2-1-3-13(9-12)20(22)23/h1-5,8-9H,6-7,10H2,(H,19,21). The fraction of sp³-hybridized carbons (Fsp3) is 0.188. The molecule has 0 aliphatic rings. The number of amides is 1. The molecular weight excluding hydrogens is 371 g/mol. The van der Waals surface area contributed by atoms with Crippen molar-refractivity contribution in [3.8, 4) is 0 Å². The van der Waals surface area contributed by atoms with Crippen LogP contribution in [0.15, 0.2) is 42.5 Å². The number of hydrogen-bond donors (Lipinski definition) is 1. The van der Waals surface area contributed by atoms with Crippen LogP contribution >= 0.6 is 35.0 Å². The van der Waals surface area contributed by atoms with E-state index in [0.717, 1.165) is 11.3 Å². The molecule has 24 heavy (non-hydrogen) atoms. The molecule has 126 valence electrons. The number of nitrogens with one attached hydrogen (secondary N) is 1. The topological polar surface area (TPSA) is 72.2 Å². The lowest BCUT2D eigenvalue weighted by molar-refractivity contribution is -0.384. The Morgan fingerprint density at radius 1 is 1.17 bits per heavy atom. The van der Waals surface area contributed by atoms with Crippen LogP contribution in [0, 0.1) is 10.1 Å². The number of hydrogen-bond acceptors (Lipinski definition) is 4. The lowest BCUT2D eigenvalue weighted by Gasteiger charge is -2.06. The highest BCUT2D eigenvalue weighted by Crippen LogP contribution is 2.24. The van der Waals surface area contributed by atoms with E-state index >= 15 is 0 Å². The van der Waals surface area contributed by atoms with Crippen molar-refractivity contribution >= 4 is 46.6 Å². The predicted octanol–water partition coefficient (Wildman–Crippen LogP) is 4.56. The van der Waals surface area contributed by atoms with Gasteiger partial charge in [0, 0.05) is 35.7 Å². The van der Waals surface area contributed by atoms with E-state index in [-0.39, 0.29) is 17.2 Å². The number of nitro groups is 1. The summed E-state index contributed by atoms with van der Waals surface area (Å²) in [6.07, 6.45) is 0. The monoisotopic (exact) mass is 384 g/mol. The van der Waals surface area contributed by atoms with E-state index in [1.165, 1.54) is 18.2 Å². The third-order valence-electron chi connectivity index (χ3n) is 3.10. The number of nitrogens with zero attached hydrogens (tertiary/aromatic N) is 1. The van der Waals surface area contributed by atoms with Gasteiger partial charge < -0.3 is 5.32 Å². The van der Waals surface area contributed by atoms with Crippen LogP contribution in [0.3, 0.4) is 0 Å². The Morgan fingerprint density at radius 2 is 1.96 bits per heavy atom. The molecule has 2 rings (SSSR count). The fourth-order valence-corrected chi connectivity index (χ4v) is 3.05. The molecule has 2 aromatic rings. The molecule has 0 spiro atoms. The summed E-state index contributed by atoms with van der Waals surface area (Å²) < 4.78 is 0. The van der Waals surface area contributed by atoms with E-state index in [1.54, 1.807) is 23.9 Å². The molecule has 0 saturated heterocycles. The molecule has 0 bridgehead atoms. The molecule has 0 fully saturated rings. The highest BCUT2D eigenvalue weighted by molar-refractivity contribution is 7.98. The molecule has 0 heterocycles. The first-order valence-electron chi connectivity index (χ1n) is 7.01. The van der Waals surface area contributed by atoms with Crippen LogP contribution in [-0.4, -0.2) is 23.1 Å². The number of carbonyl (C=O) groups is 1. The molecular formula is C16H14Cl2N2O3S. The maximum Gasteiger partial charge on any atom is 0.270 e. The minimum Gasteiger partial charge on any atom is -0.351 e. The Hall–Kier alpha value is -1.76. The van der Waals surface area contributed by atoms with Gasteiger partial charge in [0.1, 0.15) is 0 Å². The van der Waals surface area contributed by atoms with Crippen molar-refractivity contribution in [2.75, 3.05) is 12.3 Å². The van der Waals surface area contributed by atoms with Crippen LogP contribution in [-0.2, 0) is 5.75 Å². The van der Waals surface area contributed by atoms with E-state index < -0.39 is 4.92 Å². The average molecular weight is 385 g/mol. The molecule has 2 aromatic carbocycles. The Morgan fingerprint density at radius 3 is 2.67 bits per heavy atom. The molecule has 0 unspecified atom stereocenters. The van der Waals surface area contributed by atoms with Crippen LogP contribution in [0.1, 0.15) is 15.9 Å². The maximum atomic E-state index is 12.0. The van der Waals surface area contributed by atoms with Gasteiger partial charge in [-0.3, -0.25) is 14.9 Å². The maximum absolute atomic E-state index is 12.0. The largest absolute Gasteiger partial charge is 0.351 e. The summed E-state index contributed by atoms with van der Waals surface area (Å²) in [6.45, 7) is 0.466. The third-order valence-corrected chi connectivity index (χ3v) is 4.87. The quantitative estimate of drug-likeness (QED) is 0.431. The van der Waals surface area contributed by atoms with Gasteiger partial charge in [-0.1, -0.05) is 35.3 Å². The van der Waals surface area contributed by atoms with Crippen LogP contribution in [0.2, 0.25) is 10.0 Å². The zero-order chi connectivity index (χ0) is 17.5. The SMILES string of the molecule is O=C(NCCSCc1ccc(Cl)c(Cl)c1)c1cccc([N+](=O)[O-])c1. The van der Waals surface area contributed by atoms with Gasteiger partial charge in [0.2, 0.25) is 0 Å². The highest BCUT2D eigenvalue weighted by Gasteiger charge is 2.10. The van der Waals surface area contributed by atoms with Crippen molar-refractivity contribution in [1.29, 1.82) is 0 Å². The van der Waals surface area contributed by atoms with E-state index in [2.05, 4.69) is 5.32 Å². The number of carbonyl (C=O) groups excluding carboxylic acids is 1. The molecule has 0 atom stereocenters. The smallest absolute Gasteiger partial charge is 0.270 e. The van der Waals surface area contributed by atoms with Crippen LogP contribution in [0.4, 0.5) is 5.69 Å². The van der Waals surface area contributed by atoms with Crippen molar-refractivity contribution < 1.29 is 9.72 Å². The third kappa shape index (κ3) is 5.40. The Kier molecular flexibility index (Phi) is 6.90. The van der Waals surface area contributed by atoms with E-state index in [0.29, 0.717) is 22.3 Å². The Bertz CT molecular complexity index is 756. The highest BCUT2D eigenvalue weighted by atomic mass is 35.5. The van der Waals surface area contributed by atoms with Gasteiger partial charge in [-0.25, -0.2) is 0 Å². The molecule has 0 aliphatic carbocycles. The fourth-order valence-electron chi connectivity index (χ4n) is 1.92. The first-order valence-corrected chi connectivity index (χ1v) is 8.93. The summed E-state index contributed by atoms with van der Waals surface area (Å²) in [6, 6.07) is 11.1. The lowest BCUT2D eigenvalue weighted by atomic mass is 10.2. The second-order valence-corrected chi connectivity index (χ2v) is 6.78. The number of nitro benzene ring substituents is 1. The number of thioether (sulfide) groups is 1. The Labute approximate surface area is 153 Å². The van der Waals surface area contributed by atoms with Gasteiger partial charge in [-0.15, -0.1) is 0 Å². The van der Waals surface area contributed by atoms with Gasteiger partial charge in [-0.05, 0) is 23.8 Å². The second kappa shape index (κ2) is 8.92. The summed E-state index contributed by atoms with van der Waals surface area (Å²) in [5.41, 5.74) is 1.23.